The van der Waals surface area contributed by atoms with E-state index in [0.29, 0.717) is 18.8 Å². The SMILES string of the molecule is C=C(CC(=C)OC(C)(C)C)CC(C)CC#N. The lowest BCUT2D eigenvalue weighted by atomic mass is 9.97. The van der Waals surface area contributed by atoms with Gasteiger partial charge in [-0.1, -0.05) is 25.7 Å². The maximum absolute atomic E-state index is 8.56. The van der Waals surface area contributed by atoms with Crippen LogP contribution in [0.15, 0.2) is 24.5 Å². The molecule has 90 valence electrons. The zero-order valence-corrected chi connectivity index (χ0v) is 11.0. The van der Waals surface area contributed by atoms with Crippen molar-refractivity contribution >= 4 is 0 Å². The lowest BCUT2D eigenvalue weighted by Crippen LogP contribution is -2.18. The van der Waals surface area contributed by atoms with Crippen molar-refractivity contribution in [3.8, 4) is 6.07 Å². The zero-order valence-electron chi connectivity index (χ0n) is 11.0. The summed E-state index contributed by atoms with van der Waals surface area (Å²) in [6.07, 6.45) is 2.12. The molecule has 0 spiro atoms. The highest BCUT2D eigenvalue weighted by Crippen LogP contribution is 2.22. The number of hydrogen-bond donors (Lipinski definition) is 0. The summed E-state index contributed by atoms with van der Waals surface area (Å²) in [5, 5.41) is 8.56. The Bertz CT molecular complexity index is 291. The van der Waals surface area contributed by atoms with E-state index in [1.165, 1.54) is 0 Å². The molecule has 0 fully saturated rings. The predicted octanol–water partition coefficient (Wildman–Crippen LogP) is 4.20. The van der Waals surface area contributed by atoms with E-state index in [2.05, 4.69) is 26.2 Å². The average molecular weight is 221 g/mol. The summed E-state index contributed by atoms with van der Waals surface area (Å²) in [5.74, 6) is 1.11. The Kier molecular flexibility index (Phi) is 5.88. The molecule has 0 saturated heterocycles. The summed E-state index contributed by atoms with van der Waals surface area (Å²) >= 11 is 0. The van der Waals surface area contributed by atoms with E-state index in [1.807, 2.05) is 20.8 Å². The fourth-order valence-electron chi connectivity index (χ4n) is 1.54. The molecule has 0 aromatic heterocycles. The van der Waals surface area contributed by atoms with Gasteiger partial charge >= 0.3 is 0 Å². The van der Waals surface area contributed by atoms with Gasteiger partial charge in [0, 0.05) is 12.8 Å². The molecule has 16 heavy (non-hydrogen) atoms. The Morgan fingerprint density at radius 2 is 1.94 bits per heavy atom. The molecule has 0 bridgehead atoms. The van der Waals surface area contributed by atoms with E-state index >= 15 is 0 Å². The van der Waals surface area contributed by atoms with Gasteiger partial charge < -0.3 is 4.74 Å². The van der Waals surface area contributed by atoms with Gasteiger partial charge in [-0.2, -0.15) is 5.26 Å². The van der Waals surface area contributed by atoms with Crippen LogP contribution in [0.4, 0.5) is 0 Å². The van der Waals surface area contributed by atoms with Crippen LogP contribution in [0.1, 0.15) is 47.0 Å². The molecule has 0 aliphatic carbocycles. The van der Waals surface area contributed by atoms with Gasteiger partial charge in [0.15, 0.2) is 0 Å². The second kappa shape index (κ2) is 6.37. The first-order chi connectivity index (χ1) is 7.24. The molecule has 0 aromatic rings. The maximum Gasteiger partial charge on any atom is 0.100 e. The largest absolute Gasteiger partial charge is 0.493 e. The van der Waals surface area contributed by atoms with E-state index in [1.54, 1.807) is 0 Å². The van der Waals surface area contributed by atoms with E-state index in [-0.39, 0.29) is 5.60 Å². The summed E-state index contributed by atoms with van der Waals surface area (Å²) in [5.41, 5.74) is 0.882. The van der Waals surface area contributed by atoms with Gasteiger partial charge in [-0.25, -0.2) is 0 Å². The lowest BCUT2D eigenvalue weighted by Gasteiger charge is -2.23. The van der Waals surface area contributed by atoms with Crippen molar-refractivity contribution in [3.63, 3.8) is 0 Å². The van der Waals surface area contributed by atoms with Gasteiger partial charge in [0.25, 0.3) is 0 Å². The van der Waals surface area contributed by atoms with Gasteiger partial charge in [-0.15, -0.1) is 0 Å². The monoisotopic (exact) mass is 221 g/mol. The van der Waals surface area contributed by atoms with Crippen molar-refractivity contribution in [2.24, 2.45) is 5.92 Å². The highest BCUT2D eigenvalue weighted by molar-refractivity contribution is 5.06. The molecule has 0 saturated carbocycles. The minimum absolute atomic E-state index is 0.199. The molecule has 0 heterocycles. The van der Waals surface area contributed by atoms with Crippen LogP contribution in [0, 0.1) is 17.2 Å². The van der Waals surface area contributed by atoms with Crippen molar-refractivity contribution in [2.75, 3.05) is 0 Å². The minimum Gasteiger partial charge on any atom is -0.493 e. The van der Waals surface area contributed by atoms with Gasteiger partial charge in [0.1, 0.15) is 5.60 Å². The van der Waals surface area contributed by atoms with Crippen molar-refractivity contribution in [1.29, 1.82) is 5.26 Å². The van der Waals surface area contributed by atoms with E-state index in [9.17, 15) is 0 Å². The Hall–Kier alpha value is -1.23. The van der Waals surface area contributed by atoms with Crippen LogP contribution in [-0.2, 0) is 4.74 Å². The lowest BCUT2D eigenvalue weighted by molar-refractivity contribution is 0.0498. The van der Waals surface area contributed by atoms with Crippen molar-refractivity contribution in [2.45, 2.75) is 52.6 Å². The first-order valence-electron chi connectivity index (χ1n) is 5.65. The number of hydrogen-bond acceptors (Lipinski definition) is 2. The number of nitrogens with zero attached hydrogens (tertiary/aromatic N) is 1. The molecule has 0 N–H and O–H groups in total. The van der Waals surface area contributed by atoms with Crippen molar-refractivity contribution in [3.05, 3.63) is 24.5 Å². The quantitative estimate of drug-likeness (QED) is 0.497. The van der Waals surface area contributed by atoms with Crippen molar-refractivity contribution in [1.82, 2.24) is 0 Å². The highest BCUT2D eigenvalue weighted by atomic mass is 16.5. The fraction of sp³-hybridized carbons (Fsp3) is 0.643. The van der Waals surface area contributed by atoms with Gasteiger partial charge in [0.2, 0.25) is 0 Å². The third-order valence-electron chi connectivity index (χ3n) is 1.97. The van der Waals surface area contributed by atoms with Crippen molar-refractivity contribution < 1.29 is 4.74 Å². The topological polar surface area (TPSA) is 33.0 Å². The van der Waals surface area contributed by atoms with Gasteiger partial charge in [-0.05, 0) is 33.1 Å². The Labute approximate surface area is 99.6 Å². The van der Waals surface area contributed by atoms with E-state index in [0.717, 1.165) is 17.8 Å². The van der Waals surface area contributed by atoms with E-state index in [4.69, 9.17) is 10.00 Å². The van der Waals surface area contributed by atoms with Crippen LogP contribution in [0.2, 0.25) is 0 Å². The number of ether oxygens (including phenoxy) is 1. The molecule has 1 atom stereocenters. The van der Waals surface area contributed by atoms with Crippen LogP contribution in [0.25, 0.3) is 0 Å². The average Bonchev–Trinajstić information content (AvgIpc) is 1.98. The highest BCUT2D eigenvalue weighted by Gasteiger charge is 2.13. The molecule has 1 unspecified atom stereocenters. The Morgan fingerprint density at radius 1 is 1.38 bits per heavy atom. The third-order valence-corrected chi connectivity index (χ3v) is 1.97. The number of nitriles is 1. The van der Waals surface area contributed by atoms with Gasteiger partial charge in [0.05, 0.1) is 11.8 Å². The smallest absolute Gasteiger partial charge is 0.100 e. The third kappa shape index (κ3) is 8.11. The first kappa shape index (κ1) is 14.8. The summed E-state index contributed by atoms with van der Waals surface area (Å²) < 4.78 is 5.63. The molecule has 0 aromatic carbocycles. The normalized spacial score (nSPS) is 12.7. The molecule has 0 amide bonds. The number of rotatable bonds is 6. The molecule has 0 rings (SSSR count). The minimum atomic E-state index is -0.199. The van der Waals surface area contributed by atoms with E-state index < -0.39 is 0 Å². The van der Waals surface area contributed by atoms with Crippen LogP contribution in [0.3, 0.4) is 0 Å². The zero-order chi connectivity index (χ0) is 12.8. The summed E-state index contributed by atoms with van der Waals surface area (Å²) in [6.45, 7) is 15.9. The number of allylic oxidation sites excluding steroid dienone is 1. The molecular formula is C14H23NO. The predicted molar refractivity (Wildman–Crippen MR) is 67.7 cm³/mol. The molecular weight excluding hydrogens is 198 g/mol. The molecule has 2 nitrogen and oxygen atoms in total. The fourth-order valence-corrected chi connectivity index (χ4v) is 1.54. The summed E-state index contributed by atoms with van der Waals surface area (Å²) in [4.78, 5) is 0. The van der Waals surface area contributed by atoms with Crippen LogP contribution in [-0.4, -0.2) is 5.60 Å². The second-order valence-corrected chi connectivity index (χ2v) is 5.35. The standard InChI is InChI=1S/C14H23NO/c1-11(7-8-15)9-12(2)10-13(3)16-14(4,5)6/h11H,2-3,7,9-10H2,1,4-6H3. The Balaban J connectivity index is 3.98. The maximum atomic E-state index is 8.56. The molecule has 0 radical (unpaired) electrons. The summed E-state index contributed by atoms with van der Waals surface area (Å²) in [6, 6.07) is 2.17. The molecule has 2 heteroatoms. The Morgan fingerprint density at radius 3 is 2.38 bits per heavy atom. The van der Waals surface area contributed by atoms with Gasteiger partial charge in [-0.3, -0.25) is 0 Å². The van der Waals surface area contributed by atoms with Crippen LogP contribution < -0.4 is 0 Å². The van der Waals surface area contributed by atoms with Crippen LogP contribution >= 0.6 is 0 Å². The molecule has 0 aliphatic heterocycles. The first-order valence-corrected chi connectivity index (χ1v) is 5.65. The summed E-state index contributed by atoms with van der Waals surface area (Å²) in [7, 11) is 0. The molecule has 0 aliphatic rings. The van der Waals surface area contributed by atoms with Crippen LogP contribution in [0.5, 0.6) is 0 Å². The second-order valence-electron chi connectivity index (χ2n) is 5.35.